The Hall–Kier alpha value is -2.41. The lowest BCUT2D eigenvalue weighted by Gasteiger charge is -2.09. The molecular formula is C15H13FO5S. The van der Waals surface area contributed by atoms with Crippen LogP contribution in [0.5, 0.6) is 5.75 Å². The van der Waals surface area contributed by atoms with E-state index in [1.165, 1.54) is 44.4 Å². The summed E-state index contributed by atoms with van der Waals surface area (Å²) in [5, 5.41) is 0. The van der Waals surface area contributed by atoms with E-state index in [-0.39, 0.29) is 21.8 Å². The van der Waals surface area contributed by atoms with Crippen LogP contribution in [-0.4, -0.2) is 21.5 Å². The molecule has 22 heavy (non-hydrogen) atoms. The first-order valence-electron chi connectivity index (χ1n) is 6.22. The maximum absolute atomic E-state index is 13.2. The highest BCUT2D eigenvalue weighted by Crippen LogP contribution is 2.21. The maximum atomic E-state index is 13.2. The predicted molar refractivity (Wildman–Crippen MR) is 76.7 cm³/mol. The van der Waals surface area contributed by atoms with Crippen molar-refractivity contribution in [3.05, 3.63) is 59.4 Å². The molecule has 0 saturated heterocycles. The summed E-state index contributed by atoms with van der Waals surface area (Å²) in [6.07, 6.45) is 0. The zero-order valence-electron chi connectivity index (χ0n) is 11.9. The molecule has 7 heteroatoms. The lowest BCUT2D eigenvalue weighted by atomic mass is 10.2. The van der Waals surface area contributed by atoms with Gasteiger partial charge in [0.15, 0.2) is 0 Å². The molecule has 0 N–H and O–H groups in total. The number of esters is 1. The van der Waals surface area contributed by atoms with Crippen molar-refractivity contribution >= 4 is 16.1 Å². The summed E-state index contributed by atoms with van der Waals surface area (Å²) in [5.74, 6) is -1.16. The Labute approximate surface area is 127 Å². The van der Waals surface area contributed by atoms with Crippen LogP contribution in [0.4, 0.5) is 4.39 Å². The van der Waals surface area contributed by atoms with Gasteiger partial charge in [0, 0.05) is 0 Å². The molecule has 5 nitrogen and oxygen atoms in total. The SMILES string of the molecule is COC(=O)c1cccc(OS(=O)(=O)c2ccc(F)c(C)c2)c1. The number of halogens is 1. The Morgan fingerprint density at radius 1 is 1.14 bits per heavy atom. The van der Waals surface area contributed by atoms with Crippen molar-refractivity contribution in [3.8, 4) is 5.75 Å². The van der Waals surface area contributed by atoms with Gasteiger partial charge in [-0.1, -0.05) is 6.07 Å². The number of hydrogen-bond donors (Lipinski definition) is 0. The van der Waals surface area contributed by atoms with Crippen LogP contribution in [-0.2, 0) is 14.9 Å². The van der Waals surface area contributed by atoms with Crippen LogP contribution in [0.2, 0.25) is 0 Å². The topological polar surface area (TPSA) is 69.7 Å². The second-order valence-corrected chi connectivity index (χ2v) is 6.01. The van der Waals surface area contributed by atoms with Crippen LogP contribution in [0, 0.1) is 12.7 Å². The Kier molecular flexibility index (Phi) is 4.46. The fourth-order valence-electron chi connectivity index (χ4n) is 1.74. The lowest BCUT2D eigenvalue weighted by Crippen LogP contribution is -2.11. The van der Waals surface area contributed by atoms with E-state index < -0.39 is 21.9 Å². The molecule has 0 aromatic heterocycles. The van der Waals surface area contributed by atoms with Gasteiger partial charge in [0.2, 0.25) is 0 Å². The molecule has 0 saturated carbocycles. The summed E-state index contributed by atoms with van der Waals surface area (Å²) in [5.41, 5.74) is 0.346. The van der Waals surface area contributed by atoms with Crippen LogP contribution >= 0.6 is 0 Å². The first kappa shape index (κ1) is 16.0. The molecule has 0 atom stereocenters. The lowest BCUT2D eigenvalue weighted by molar-refractivity contribution is 0.0600. The Morgan fingerprint density at radius 3 is 2.50 bits per heavy atom. The molecule has 0 aliphatic rings. The van der Waals surface area contributed by atoms with Gasteiger partial charge in [0.25, 0.3) is 0 Å². The van der Waals surface area contributed by atoms with Crippen LogP contribution in [0.25, 0.3) is 0 Å². The molecule has 2 aromatic rings. The van der Waals surface area contributed by atoms with Gasteiger partial charge in [-0.25, -0.2) is 9.18 Å². The second-order valence-electron chi connectivity index (χ2n) is 4.47. The van der Waals surface area contributed by atoms with Crippen LogP contribution in [0.1, 0.15) is 15.9 Å². The fourth-order valence-corrected chi connectivity index (χ4v) is 2.75. The molecule has 0 aliphatic heterocycles. The molecule has 0 radical (unpaired) electrons. The summed E-state index contributed by atoms with van der Waals surface area (Å²) < 4.78 is 47.0. The van der Waals surface area contributed by atoms with Crippen molar-refractivity contribution in [1.82, 2.24) is 0 Å². The summed E-state index contributed by atoms with van der Waals surface area (Å²) in [4.78, 5) is 11.2. The molecular weight excluding hydrogens is 311 g/mol. The Morgan fingerprint density at radius 2 is 1.86 bits per heavy atom. The quantitative estimate of drug-likeness (QED) is 0.639. The molecule has 0 heterocycles. The minimum absolute atomic E-state index is 0.0371. The van der Waals surface area contributed by atoms with E-state index in [9.17, 15) is 17.6 Å². The number of hydrogen-bond acceptors (Lipinski definition) is 5. The highest BCUT2D eigenvalue weighted by atomic mass is 32.2. The molecule has 0 unspecified atom stereocenters. The van der Waals surface area contributed by atoms with Gasteiger partial charge >= 0.3 is 16.1 Å². The highest BCUT2D eigenvalue weighted by molar-refractivity contribution is 7.87. The second kappa shape index (κ2) is 6.15. The van der Waals surface area contributed by atoms with E-state index in [2.05, 4.69) is 4.74 Å². The van der Waals surface area contributed by atoms with Crippen molar-refractivity contribution in [2.75, 3.05) is 7.11 Å². The molecule has 0 fully saturated rings. The first-order valence-corrected chi connectivity index (χ1v) is 7.63. The van der Waals surface area contributed by atoms with Crippen molar-refractivity contribution in [1.29, 1.82) is 0 Å². The summed E-state index contributed by atoms with van der Waals surface area (Å²) in [6.45, 7) is 1.45. The van der Waals surface area contributed by atoms with Crippen molar-refractivity contribution in [3.63, 3.8) is 0 Å². The van der Waals surface area contributed by atoms with Crippen molar-refractivity contribution in [2.24, 2.45) is 0 Å². The third kappa shape index (κ3) is 3.43. The minimum Gasteiger partial charge on any atom is -0.465 e. The monoisotopic (exact) mass is 324 g/mol. The maximum Gasteiger partial charge on any atom is 0.339 e. The van der Waals surface area contributed by atoms with Gasteiger partial charge in [-0.05, 0) is 48.9 Å². The fraction of sp³-hybridized carbons (Fsp3) is 0.133. The van der Waals surface area contributed by atoms with E-state index in [1.54, 1.807) is 0 Å². The number of benzene rings is 2. The predicted octanol–water partition coefficient (Wildman–Crippen LogP) is 2.69. The molecule has 2 aromatic carbocycles. The smallest absolute Gasteiger partial charge is 0.339 e. The van der Waals surface area contributed by atoms with Crippen LogP contribution in [0.3, 0.4) is 0 Å². The summed E-state index contributed by atoms with van der Waals surface area (Å²) in [7, 11) is -2.90. The number of carbonyl (C=O) groups is 1. The van der Waals surface area contributed by atoms with Gasteiger partial charge in [-0.3, -0.25) is 0 Å². The molecule has 116 valence electrons. The molecule has 0 amide bonds. The standard InChI is InChI=1S/C15H13FO5S/c1-10-8-13(6-7-14(10)16)22(18,19)21-12-5-3-4-11(9-12)15(17)20-2/h3-9H,1-2H3. The number of aryl methyl sites for hydroxylation is 1. The zero-order valence-corrected chi connectivity index (χ0v) is 12.7. The highest BCUT2D eigenvalue weighted by Gasteiger charge is 2.18. The van der Waals surface area contributed by atoms with Crippen molar-refractivity contribution in [2.45, 2.75) is 11.8 Å². The van der Waals surface area contributed by atoms with E-state index in [0.29, 0.717) is 0 Å². The molecule has 0 aliphatic carbocycles. The number of ether oxygens (including phenoxy) is 1. The number of carbonyl (C=O) groups excluding carboxylic acids is 1. The first-order chi connectivity index (χ1) is 10.3. The van der Waals surface area contributed by atoms with Gasteiger partial charge < -0.3 is 8.92 Å². The molecule has 2 rings (SSSR count). The van der Waals surface area contributed by atoms with E-state index >= 15 is 0 Å². The average molecular weight is 324 g/mol. The normalized spacial score (nSPS) is 11.0. The number of methoxy groups -OCH3 is 1. The molecule has 0 bridgehead atoms. The van der Waals surface area contributed by atoms with Gasteiger partial charge in [-0.15, -0.1) is 0 Å². The van der Waals surface area contributed by atoms with Gasteiger partial charge in [-0.2, -0.15) is 8.42 Å². The zero-order chi connectivity index (χ0) is 16.3. The van der Waals surface area contributed by atoms with Gasteiger partial charge in [0.1, 0.15) is 16.5 Å². The van der Waals surface area contributed by atoms with E-state index in [1.807, 2.05) is 0 Å². The van der Waals surface area contributed by atoms with Crippen LogP contribution in [0.15, 0.2) is 47.4 Å². The summed E-state index contributed by atoms with van der Waals surface area (Å²) >= 11 is 0. The van der Waals surface area contributed by atoms with Crippen LogP contribution < -0.4 is 4.18 Å². The Bertz CT molecular complexity index is 814. The molecule has 0 spiro atoms. The minimum atomic E-state index is -4.12. The van der Waals surface area contributed by atoms with E-state index in [4.69, 9.17) is 4.18 Å². The Balaban J connectivity index is 2.32. The third-order valence-corrected chi connectivity index (χ3v) is 4.12. The van der Waals surface area contributed by atoms with Gasteiger partial charge in [0.05, 0.1) is 12.7 Å². The van der Waals surface area contributed by atoms with E-state index in [0.717, 1.165) is 12.1 Å². The average Bonchev–Trinajstić information content (AvgIpc) is 2.49. The third-order valence-electron chi connectivity index (χ3n) is 2.88. The largest absolute Gasteiger partial charge is 0.465 e. The van der Waals surface area contributed by atoms with Crippen molar-refractivity contribution < 1.29 is 26.5 Å². The summed E-state index contributed by atoms with van der Waals surface area (Å²) in [6, 6.07) is 8.91. The number of rotatable bonds is 4.